The van der Waals surface area contributed by atoms with Gasteiger partial charge in [0.15, 0.2) is 0 Å². The summed E-state index contributed by atoms with van der Waals surface area (Å²) < 4.78 is 5.49. The third-order valence-corrected chi connectivity index (χ3v) is 5.72. The molecule has 0 saturated carbocycles. The summed E-state index contributed by atoms with van der Waals surface area (Å²) >= 11 is 0. The molecule has 5 rings (SSSR count). The second kappa shape index (κ2) is 7.19. The fourth-order valence-corrected chi connectivity index (χ4v) is 4.26. The molecule has 5 aromatic rings. The van der Waals surface area contributed by atoms with Crippen molar-refractivity contribution in [3.8, 4) is 0 Å². The van der Waals surface area contributed by atoms with E-state index in [1.165, 1.54) is 16.3 Å². The summed E-state index contributed by atoms with van der Waals surface area (Å²) in [7, 11) is 0. The van der Waals surface area contributed by atoms with Gasteiger partial charge in [0.1, 0.15) is 18.2 Å². The average molecular weight is 380 g/mol. The molecule has 142 valence electrons. The summed E-state index contributed by atoms with van der Waals surface area (Å²) in [6.07, 6.45) is 0. The van der Waals surface area contributed by atoms with Gasteiger partial charge < -0.3 is 9.73 Å². The van der Waals surface area contributed by atoms with Gasteiger partial charge in [0.05, 0.1) is 0 Å². The Labute approximate surface area is 168 Å². The van der Waals surface area contributed by atoms with E-state index in [0.717, 1.165) is 21.7 Å². The van der Waals surface area contributed by atoms with Gasteiger partial charge in [-0.25, -0.2) is 4.79 Å². The first-order chi connectivity index (χ1) is 14.2. The standard InChI is InChI=1S/C26H21NO2/c1-17(21-12-6-9-18-7-2-4-10-22(18)21)27-16-20-15-25(28)29-24-14-13-19-8-3-5-11-23(19)26(20)24/h2-15,17,27H,16H2,1H3/p+1/t17-/m0/s1. The highest BCUT2D eigenvalue weighted by molar-refractivity contribution is 6.06. The van der Waals surface area contributed by atoms with Crippen LogP contribution < -0.4 is 10.9 Å². The molecule has 3 heteroatoms. The molecule has 4 aromatic carbocycles. The van der Waals surface area contributed by atoms with E-state index in [9.17, 15) is 4.79 Å². The van der Waals surface area contributed by atoms with Crippen LogP contribution in [-0.2, 0) is 6.54 Å². The second-order valence-corrected chi connectivity index (χ2v) is 7.55. The van der Waals surface area contributed by atoms with E-state index in [2.05, 4.69) is 66.8 Å². The van der Waals surface area contributed by atoms with E-state index < -0.39 is 0 Å². The zero-order valence-corrected chi connectivity index (χ0v) is 16.3. The van der Waals surface area contributed by atoms with Crippen LogP contribution in [0.2, 0.25) is 0 Å². The van der Waals surface area contributed by atoms with Gasteiger partial charge in [-0.2, -0.15) is 0 Å². The van der Waals surface area contributed by atoms with Crippen molar-refractivity contribution >= 4 is 32.5 Å². The van der Waals surface area contributed by atoms with E-state index in [4.69, 9.17) is 4.42 Å². The van der Waals surface area contributed by atoms with Crippen LogP contribution in [0.1, 0.15) is 24.1 Å². The summed E-state index contributed by atoms with van der Waals surface area (Å²) in [5.41, 5.74) is 2.67. The van der Waals surface area contributed by atoms with Crippen LogP contribution in [0.15, 0.2) is 94.1 Å². The first-order valence-corrected chi connectivity index (χ1v) is 9.96. The topological polar surface area (TPSA) is 46.8 Å². The monoisotopic (exact) mass is 380 g/mol. The molecule has 29 heavy (non-hydrogen) atoms. The maximum Gasteiger partial charge on any atom is 0.336 e. The van der Waals surface area contributed by atoms with Crippen LogP contribution in [0.3, 0.4) is 0 Å². The van der Waals surface area contributed by atoms with Crippen LogP contribution in [-0.4, -0.2) is 0 Å². The Morgan fingerprint density at radius 1 is 0.828 bits per heavy atom. The molecule has 1 atom stereocenters. The molecule has 0 fully saturated rings. The Balaban J connectivity index is 1.55. The number of benzene rings is 4. The molecule has 1 aromatic heterocycles. The number of rotatable bonds is 4. The van der Waals surface area contributed by atoms with Crippen molar-refractivity contribution in [1.29, 1.82) is 0 Å². The average Bonchev–Trinajstić information content (AvgIpc) is 2.76. The Kier molecular flexibility index (Phi) is 4.38. The zero-order chi connectivity index (χ0) is 19.8. The van der Waals surface area contributed by atoms with Gasteiger partial charge in [-0.05, 0) is 34.5 Å². The van der Waals surface area contributed by atoms with Gasteiger partial charge in [0, 0.05) is 22.6 Å². The Bertz CT molecular complexity index is 1400. The summed E-state index contributed by atoms with van der Waals surface area (Å²) in [5, 5.41) is 8.12. The minimum atomic E-state index is -0.297. The molecule has 0 unspecified atom stereocenters. The van der Waals surface area contributed by atoms with Crippen LogP contribution >= 0.6 is 0 Å². The Morgan fingerprint density at radius 3 is 2.34 bits per heavy atom. The van der Waals surface area contributed by atoms with Crippen LogP contribution in [0, 0.1) is 0 Å². The van der Waals surface area contributed by atoms with Crippen molar-refractivity contribution in [2.24, 2.45) is 0 Å². The van der Waals surface area contributed by atoms with Crippen molar-refractivity contribution in [2.45, 2.75) is 19.5 Å². The zero-order valence-electron chi connectivity index (χ0n) is 16.3. The minimum absolute atomic E-state index is 0.262. The number of hydrogen-bond donors (Lipinski definition) is 1. The highest BCUT2D eigenvalue weighted by Crippen LogP contribution is 2.27. The van der Waals surface area contributed by atoms with E-state index in [1.54, 1.807) is 6.07 Å². The smallest absolute Gasteiger partial charge is 0.336 e. The fourth-order valence-electron chi connectivity index (χ4n) is 4.26. The summed E-state index contributed by atoms with van der Waals surface area (Å²) in [4.78, 5) is 12.1. The lowest BCUT2D eigenvalue weighted by Crippen LogP contribution is -2.83. The van der Waals surface area contributed by atoms with E-state index in [1.807, 2.05) is 24.3 Å². The summed E-state index contributed by atoms with van der Waals surface area (Å²) in [6, 6.07) is 29.0. The highest BCUT2D eigenvalue weighted by Gasteiger charge is 2.15. The normalized spacial score (nSPS) is 12.6. The third-order valence-electron chi connectivity index (χ3n) is 5.72. The van der Waals surface area contributed by atoms with Crippen molar-refractivity contribution in [3.05, 3.63) is 106 Å². The van der Waals surface area contributed by atoms with Crippen LogP contribution in [0.25, 0.3) is 32.5 Å². The molecule has 0 aliphatic carbocycles. The van der Waals surface area contributed by atoms with Gasteiger partial charge in [0.25, 0.3) is 0 Å². The van der Waals surface area contributed by atoms with Crippen molar-refractivity contribution < 1.29 is 9.73 Å². The first kappa shape index (κ1) is 17.7. The number of quaternary nitrogens is 1. The van der Waals surface area contributed by atoms with Crippen molar-refractivity contribution in [2.75, 3.05) is 0 Å². The molecule has 0 aliphatic heterocycles. The van der Waals surface area contributed by atoms with Crippen molar-refractivity contribution in [3.63, 3.8) is 0 Å². The fraction of sp³-hybridized carbons (Fsp3) is 0.115. The molecule has 0 bridgehead atoms. The predicted octanol–water partition coefficient (Wildman–Crippen LogP) is 4.92. The van der Waals surface area contributed by atoms with Gasteiger partial charge >= 0.3 is 5.63 Å². The maximum absolute atomic E-state index is 12.1. The second-order valence-electron chi connectivity index (χ2n) is 7.55. The van der Waals surface area contributed by atoms with Gasteiger partial charge in [0.2, 0.25) is 0 Å². The molecule has 0 aliphatic rings. The lowest BCUT2D eigenvalue weighted by Gasteiger charge is -2.15. The van der Waals surface area contributed by atoms with Crippen molar-refractivity contribution in [1.82, 2.24) is 0 Å². The molecule has 0 radical (unpaired) electrons. The van der Waals surface area contributed by atoms with Gasteiger partial charge in [-0.1, -0.05) is 72.8 Å². The molecule has 2 N–H and O–H groups in total. The van der Waals surface area contributed by atoms with E-state index in [0.29, 0.717) is 12.1 Å². The molecule has 0 spiro atoms. The number of hydrogen-bond acceptors (Lipinski definition) is 2. The Hall–Kier alpha value is -3.43. The summed E-state index contributed by atoms with van der Waals surface area (Å²) in [5.74, 6) is 0. The molecular formula is C26H22NO2+. The largest absolute Gasteiger partial charge is 0.423 e. The lowest BCUT2D eigenvalue weighted by atomic mass is 9.98. The predicted molar refractivity (Wildman–Crippen MR) is 118 cm³/mol. The molecular weight excluding hydrogens is 358 g/mol. The first-order valence-electron chi connectivity index (χ1n) is 9.96. The quantitative estimate of drug-likeness (QED) is 0.355. The molecule has 1 heterocycles. The molecule has 0 saturated heterocycles. The maximum atomic E-state index is 12.1. The van der Waals surface area contributed by atoms with Crippen LogP contribution in [0.4, 0.5) is 0 Å². The van der Waals surface area contributed by atoms with Gasteiger partial charge in [-0.15, -0.1) is 0 Å². The minimum Gasteiger partial charge on any atom is -0.423 e. The van der Waals surface area contributed by atoms with Crippen LogP contribution in [0.5, 0.6) is 0 Å². The third kappa shape index (κ3) is 3.20. The lowest BCUT2D eigenvalue weighted by molar-refractivity contribution is -0.707. The van der Waals surface area contributed by atoms with Gasteiger partial charge in [-0.3, -0.25) is 0 Å². The number of nitrogens with two attached hydrogens (primary N) is 1. The molecule has 3 nitrogen and oxygen atoms in total. The van der Waals surface area contributed by atoms with E-state index in [-0.39, 0.29) is 11.7 Å². The molecule has 0 amide bonds. The van der Waals surface area contributed by atoms with E-state index >= 15 is 0 Å². The summed E-state index contributed by atoms with van der Waals surface area (Å²) in [6.45, 7) is 2.92. The number of fused-ring (bicyclic) bond motifs is 4. The SMILES string of the molecule is C[C@H]([NH2+]Cc1cc(=O)oc2ccc3ccccc3c12)c1cccc2ccccc12. The highest BCUT2D eigenvalue weighted by atomic mass is 16.4. The Morgan fingerprint density at radius 2 is 1.52 bits per heavy atom.